The van der Waals surface area contributed by atoms with Crippen molar-refractivity contribution in [3.8, 4) is 0 Å². The van der Waals surface area contributed by atoms with Crippen LogP contribution in [0.2, 0.25) is 0 Å². The fourth-order valence-electron chi connectivity index (χ4n) is 5.98. The molecule has 154 valence electrons. The SMILES string of the molecule is C=C1CCC[C@]2(C)C[C@H]3OC(=O)[C@H](CN(C)[C@@H](C)CCc4ccco4)[C@H]3C[C@H]12. The molecule has 2 saturated carbocycles. The first-order valence-corrected chi connectivity index (χ1v) is 11.0. The molecule has 6 atom stereocenters. The number of esters is 1. The molecule has 4 nitrogen and oxygen atoms in total. The van der Waals surface area contributed by atoms with Crippen molar-refractivity contribution in [1.82, 2.24) is 4.90 Å². The molecule has 0 radical (unpaired) electrons. The topological polar surface area (TPSA) is 42.7 Å². The van der Waals surface area contributed by atoms with Gasteiger partial charge in [-0.2, -0.15) is 0 Å². The molecule has 1 aromatic rings. The van der Waals surface area contributed by atoms with Crippen LogP contribution in [0.5, 0.6) is 0 Å². The Balaban J connectivity index is 1.39. The van der Waals surface area contributed by atoms with Gasteiger partial charge in [-0.05, 0) is 76.0 Å². The molecule has 28 heavy (non-hydrogen) atoms. The monoisotopic (exact) mass is 385 g/mol. The predicted molar refractivity (Wildman–Crippen MR) is 110 cm³/mol. The molecule has 0 aromatic carbocycles. The van der Waals surface area contributed by atoms with Gasteiger partial charge in [-0.1, -0.05) is 19.1 Å². The molecule has 3 aliphatic rings. The minimum absolute atomic E-state index is 0.000314. The van der Waals surface area contributed by atoms with Gasteiger partial charge in [0.15, 0.2) is 0 Å². The van der Waals surface area contributed by atoms with Crippen molar-refractivity contribution in [1.29, 1.82) is 0 Å². The van der Waals surface area contributed by atoms with Crippen LogP contribution in [0, 0.1) is 23.2 Å². The second kappa shape index (κ2) is 7.70. The van der Waals surface area contributed by atoms with E-state index >= 15 is 0 Å². The lowest BCUT2D eigenvalue weighted by molar-refractivity contribution is -0.146. The number of hydrogen-bond donors (Lipinski definition) is 0. The van der Waals surface area contributed by atoms with Gasteiger partial charge >= 0.3 is 5.97 Å². The fraction of sp³-hybridized carbons (Fsp3) is 0.708. The van der Waals surface area contributed by atoms with Crippen molar-refractivity contribution in [3.05, 3.63) is 36.3 Å². The van der Waals surface area contributed by atoms with Gasteiger partial charge in [-0.3, -0.25) is 4.79 Å². The van der Waals surface area contributed by atoms with Crippen molar-refractivity contribution in [3.63, 3.8) is 0 Å². The number of ether oxygens (including phenoxy) is 1. The third-order valence-corrected chi connectivity index (χ3v) is 7.95. The molecule has 0 spiro atoms. The summed E-state index contributed by atoms with van der Waals surface area (Å²) in [5, 5.41) is 0. The quantitative estimate of drug-likeness (QED) is 0.519. The van der Waals surface area contributed by atoms with E-state index in [0.29, 0.717) is 17.9 Å². The van der Waals surface area contributed by atoms with Crippen LogP contribution in [0.25, 0.3) is 0 Å². The maximum Gasteiger partial charge on any atom is 0.310 e. The number of nitrogens with zero attached hydrogens (tertiary/aromatic N) is 1. The minimum Gasteiger partial charge on any atom is -0.469 e. The average Bonchev–Trinajstić information content (AvgIpc) is 3.26. The highest BCUT2D eigenvalue weighted by Crippen LogP contribution is 2.56. The van der Waals surface area contributed by atoms with Crippen molar-refractivity contribution < 1.29 is 13.9 Å². The molecule has 3 fully saturated rings. The zero-order valence-corrected chi connectivity index (χ0v) is 17.7. The fourth-order valence-corrected chi connectivity index (χ4v) is 5.98. The summed E-state index contributed by atoms with van der Waals surface area (Å²) >= 11 is 0. The molecule has 4 heteroatoms. The standard InChI is InChI=1S/C24H35NO3/c1-16-7-5-11-24(3)14-22-19(13-21(16)24)20(23(26)28-22)15-25(4)17(2)9-10-18-8-6-12-27-18/h6,8,12,17,19-22H,1,5,7,9-11,13-15H2,2-4H3/t17-,19+,20+,21+,22+,24+/m0/s1. The Morgan fingerprint density at radius 3 is 3.00 bits per heavy atom. The summed E-state index contributed by atoms with van der Waals surface area (Å²) in [6.07, 6.45) is 9.51. The molecule has 0 unspecified atom stereocenters. The van der Waals surface area contributed by atoms with Crippen LogP contribution in [0.15, 0.2) is 35.0 Å². The summed E-state index contributed by atoms with van der Waals surface area (Å²) in [5.74, 6) is 1.96. The minimum atomic E-state index is 0.000314. The number of carbonyl (C=O) groups excluding carboxylic acids is 1. The first-order valence-electron chi connectivity index (χ1n) is 11.0. The summed E-state index contributed by atoms with van der Waals surface area (Å²) < 4.78 is 11.4. The zero-order chi connectivity index (χ0) is 19.9. The summed E-state index contributed by atoms with van der Waals surface area (Å²) in [6, 6.07) is 4.37. The smallest absolute Gasteiger partial charge is 0.310 e. The van der Waals surface area contributed by atoms with E-state index in [-0.39, 0.29) is 23.4 Å². The number of furan rings is 1. The molecule has 1 saturated heterocycles. The Morgan fingerprint density at radius 2 is 2.25 bits per heavy atom. The molecule has 0 bridgehead atoms. The van der Waals surface area contributed by atoms with Gasteiger partial charge in [0.05, 0.1) is 12.2 Å². The van der Waals surface area contributed by atoms with Crippen molar-refractivity contribution in [2.24, 2.45) is 23.2 Å². The summed E-state index contributed by atoms with van der Waals surface area (Å²) in [6.45, 7) is 9.81. The van der Waals surface area contributed by atoms with E-state index in [0.717, 1.165) is 44.4 Å². The van der Waals surface area contributed by atoms with E-state index in [1.54, 1.807) is 6.26 Å². The van der Waals surface area contributed by atoms with Gasteiger partial charge in [0.2, 0.25) is 0 Å². The second-order valence-electron chi connectivity index (χ2n) is 9.81. The molecule has 1 aromatic heterocycles. The van der Waals surface area contributed by atoms with Gasteiger partial charge in [0, 0.05) is 24.9 Å². The molecular formula is C24H35NO3. The summed E-state index contributed by atoms with van der Waals surface area (Å²) in [5.41, 5.74) is 1.68. The Hall–Kier alpha value is -1.55. The number of allylic oxidation sites excluding steroid dienone is 1. The van der Waals surface area contributed by atoms with Gasteiger partial charge in [-0.25, -0.2) is 0 Å². The molecule has 1 aliphatic heterocycles. The highest BCUT2D eigenvalue weighted by atomic mass is 16.6. The Morgan fingerprint density at radius 1 is 1.43 bits per heavy atom. The number of rotatable bonds is 6. The van der Waals surface area contributed by atoms with E-state index in [1.807, 2.05) is 12.1 Å². The maximum atomic E-state index is 12.7. The summed E-state index contributed by atoms with van der Waals surface area (Å²) in [7, 11) is 2.14. The highest BCUT2D eigenvalue weighted by Gasteiger charge is 2.55. The van der Waals surface area contributed by atoms with E-state index in [2.05, 4.69) is 32.4 Å². The van der Waals surface area contributed by atoms with E-state index in [4.69, 9.17) is 9.15 Å². The Labute approximate surface area is 169 Å². The lowest BCUT2D eigenvalue weighted by Gasteiger charge is -2.50. The van der Waals surface area contributed by atoms with Gasteiger partial charge in [0.25, 0.3) is 0 Å². The van der Waals surface area contributed by atoms with Crippen molar-refractivity contribution in [2.75, 3.05) is 13.6 Å². The second-order valence-corrected chi connectivity index (χ2v) is 9.81. The highest BCUT2D eigenvalue weighted by molar-refractivity contribution is 5.75. The predicted octanol–water partition coefficient (Wildman–Crippen LogP) is 4.85. The molecule has 2 heterocycles. The molecule has 2 aliphatic carbocycles. The van der Waals surface area contributed by atoms with Crippen LogP contribution in [-0.4, -0.2) is 36.6 Å². The van der Waals surface area contributed by atoms with Crippen LogP contribution >= 0.6 is 0 Å². The summed E-state index contributed by atoms with van der Waals surface area (Å²) in [4.78, 5) is 15.1. The largest absolute Gasteiger partial charge is 0.469 e. The van der Waals surface area contributed by atoms with Gasteiger partial charge in [0.1, 0.15) is 11.9 Å². The average molecular weight is 386 g/mol. The third kappa shape index (κ3) is 3.68. The molecule has 4 rings (SSSR count). The number of fused-ring (bicyclic) bond motifs is 2. The molecular weight excluding hydrogens is 350 g/mol. The normalized spacial score (nSPS) is 36.1. The first kappa shape index (κ1) is 19.8. The molecule has 0 N–H and O–H groups in total. The lowest BCUT2D eigenvalue weighted by Crippen LogP contribution is -2.46. The number of hydrogen-bond acceptors (Lipinski definition) is 4. The van der Waals surface area contributed by atoms with Crippen molar-refractivity contribution in [2.45, 2.75) is 70.9 Å². The van der Waals surface area contributed by atoms with E-state index in [1.165, 1.54) is 18.4 Å². The number of carbonyl (C=O) groups is 1. The maximum absolute atomic E-state index is 12.7. The van der Waals surface area contributed by atoms with E-state index < -0.39 is 0 Å². The first-order chi connectivity index (χ1) is 13.4. The zero-order valence-electron chi connectivity index (χ0n) is 17.7. The van der Waals surface area contributed by atoms with Gasteiger partial charge < -0.3 is 14.1 Å². The van der Waals surface area contributed by atoms with Crippen LogP contribution < -0.4 is 0 Å². The Kier molecular flexibility index (Phi) is 5.43. The lowest BCUT2D eigenvalue weighted by atomic mass is 9.55. The Bertz CT molecular complexity index is 711. The van der Waals surface area contributed by atoms with Crippen LogP contribution in [0.3, 0.4) is 0 Å². The van der Waals surface area contributed by atoms with Crippen LogP contribution in [0.1, 0.15) is 58.1 Å². The number of aryl methyl sites for hydroxylation is 1. The van der Waals surface area contributed by atoms with E-state index in [9.17, 15) is 4.79 Å². The van der Waals surface area contributed by atoms with Crippen molar-refractivity contribution >= 4 is 5.97 Å². The van der Waals surface area contributed by atoms with Crippen LogP contribution in [0.4, 0.5) is 0 Å². The van der Waals surface area contributed by atoms with Crippen LogP contribution in [-0.2, 0) is 16.0 Å². The molecule has 0 amide bonds. The van der Waals surface area contributed by atoms with Gasteiger partial charge in [-0.15, -0.1) is 0 Å². The third-order valence-electron chi connectivity index (χ3n) is 7.95.